The standard InChI is InChI=1S/C21H25N3O2/c1-22(17-18-8-4-2-5-9-18)20(25)16-21(26)24-14-12-23(13-15-24)19-10-6-3-7-11-19/h2-11H,12-17H2,1H3. The Labute approximate surface area is 154 Å². The SMILES string of the molecule is CN(Cc1ccccc1)C(=O)CC(=O)N1CCN(c2ccccc2)CC1. The average molecular weight is 351 g/mol. The summed E-state index contributed by atoms with van der Waals surface area (Å²) in [5, 5.41) is 0. The second-order valence-electron chi connectivity index (χ2n) is 6.62. The van der Waals surface area contributed by atoms with Gasteiger partial charge in [-0.3, -0.25) is 9.59 Å². The number of carbonyl (C=O) groups is 2. The zero-order valence-corrected chi connectivity index (χ0v) is 15.2. The van der Waals surface area contributed by atoms with Crippen molar-refractivity contribution >= 4 is 17.5 Å². The van der Waals surface area contributed by atoms with Gasteiger partial charge in [0.1, 0.15) is 6.42 Å². The van der Waals surface area contributed by atoms with E-state index in [4.69, 9.17) is 0 Å². The molecule has 0 radical (unpaired) electrons. The molecule has 26 heavy (non-hydrogen) atoms. The lowest BCUT2D eigenvalue weighted by Gasteiger charge is -2.36. The molecule has 3 rings (SSSR count). The first-order valence-electron chi connectivity index (χ1n) is 8.99. The number of carbonyl (C=O) groups excluding carboxylic acids is 2. The van der Waals surface area contributed by atoms with Crippen LogP contribution in [0.1, 0.15) is 12.0 Å². The van der Waals surface area contributed by atoms with Crippen molar-refractivity contribution in [1.82, 2.24) is 9.80 Å². The van der Waals surface area contributed by atoms with Gasteiger partial charge in [0.15, 0.2) is 0 Å². The van der Waals surface area contributed by atoms with Crippen molar-refractivity contribution in [3.05, 3.63) is 66.2 Å². The van der Waals surface area contributed by atoms with Crippen LogP contribution in [0.3, 0.4) is 0 Å². The Balaban J connectivity index is 1.47. The Hall–Kier alpha value is -2.82. The first-order chi connectivity index (χ1) is 12.6. The highest BCUT2D eigenvalue weighted by atomic mass is 16.2. The Morgan fingerprint density at radius 1 is 0.885 bits per heavy atom. The molecule has 1 saturated heterocycles. The fraction of sp³-hybridized carbons (Fsp3) is 0.333. The smallest absolute Gasteiger partial charge is 0.232 e. The van der Waals surface area contributed by atoms with Gasteiger partial charge in [0, 0.05) is 45.5 Å². The van der Waals surface area contributed by atoms with Gasteiger partial charge < -0.3 is 14.7 Å². The van der Waals surface area contributed by atoms with Crippen LogP contribution in [-0.4, -0.2) is 54.8 Å². The monoisotopic (exact) mass is 351 g/mol. The summed E-state index contributed by atoms with van der Waals surface area (Å²) in [5.41, 5.74) is 2.24. The van der Waals surface area contributed by atoms with Gasteiger partial charge in [0.05, 0.1) is 0 Å². The molecule has 2 aromatic carbocycles. The van der Waals surface area contributed by atoms with E-state index in [2.05, 4.69) is 17.0 Å². The lowest BCUT2D eigenvalue weighted by Crippen LogP contribution is -2.49. The maximum atomic E-state index is 12.5. The van der Waals surface area contributed by atoms with Crippen LogP contribution >= 0.6 is 0 Å². The molecule has 0 unspecified atom stereocenters. The minimum Gasteiger partial charge on any atom is -0.368 e. The molecule has 0 atom stereocenters. The molecule has 5 nitrogen and oxygen atoms in total. The Morgan fingerprint density at radius 3 is 2.08 bits per heavy atom. The second kappa shape index (κ2) is 8.52. The second-order valence-corrected chi connectivity index (χ2v) is 6.62. The molecule has 2 aromatic rings. The van der Waals surface area contributed by atoms with Crippen LogP contribution in [0.4, 0.5) is 5.69 Å². The van der Waals surface area contributed by atoms with E-state index in [0.717, 1.165) is 18.7 Å². The van der Waals surface area contributed by atoms with E-state index in [1.165, 1.54) is 5.69 Å². The van der Waals surface area contributed by atoms with Gasteiger partial charge in [0.25, 0.3) is 0 Å². The first-order valence-corrected chi connectivity index (χ1v) is 8.99. The maximum Gasteiger partial charge on any atom is 0.232 e. The molecule has 0 aliphatic carbocycles. The van der Waals surface area contributed by atoms with Crippen LogP contribution in [0.2, 0.25) is 0 Å². The Kier molecular flexibility index (Phi) is 5.89. The van der Waals surface area contributed by atoms with Crippen molar-refractivity contribution in [3.63, 3.8) is 0 Å². The topological polar surface area (TPSA) is 43.9 Å². The molecule has 1 aliphatic rings. The number of rotatable bonds is 5. The highest BCUT2D eigenvalue weighted by Crippen LogP contribution is 2.16. The van der Waals surface area contributed by atoms with E-state index < -0.39 is 0 Å². The van der Waals surface area contributed by atoms with E-state index in [1.54, 1.807) is 16.8 Å². The van der Waals surface area contributed by atoms with Gasteiger partial charge in [0.2, 0.25) is 11.8 Å². The molecule has 1 heterocycles. The predicted molar refractivity (Wildman–Crippen MR) is 103 cm³/mol. The van der Waals surface area contributed by atoms with Crippen LogP contribution < -0.4 is 4.90 Å². The number of para-hydroxylation sites is 1. The van der Waals surface area contributed by atoms with Crippen LogP contribution in [0.5, 0.6) is 0 Å². The molecule has 0 N–H and O–H groups in total. The minimum atomic E-state index is -0.135. The highest BCUT2D eigenvalue weighted by Gasteiger charge is 2.24. The number of piperazine rings is 1. The van der Waals surface area contributed by atoms with Crippen molar-refractivity contribution in [2.45, 2.75) is 13.0 Å². The van der Waals surface area contributed by atoms with Crippen molar-refractivity contribution in [3.8, 4) is 0 Å². The summed E-state index contributed by atoms with van der Waals surface area (Å²) in [4.78, 5) is 30.5. The Morgan fingerprint density at radius 2 is 1.46 bits per heavy atom. The predicted octanol–water partition coefficient (Wildman–Crippen LogP) is 2.38. The maximum absolute atomic E-state index is 12.5. The van der Waals surface area contributed by atoms with E-state index >= 15 is 0 Å². The molecule has 5 heteroatoms. The molecule has 1 fully saturated rings. The summed E-state index contributed by atoms with van der Waals surface area (Å²) in [6.07, 6.45) is -0.0608. The van der Waals surface area contributed by atoms with E-state index in [1.807, 2.05) is 48.5 Å². The van der Waals surface area contributed by atoms with Gasteiger partial charge in [-0.1, -0.05) is 48.5 Å². The number of benzene rings is 2. The molecule has 1 aliphatic heterocycles. The van der Waals surface area contributed by atoms with Crippen molar-refractivity contribution < 1.29 is 9.59 Å². The van der Waals surface area contributed by atoms with Crippen LogP contribution in [0, 0.1) is 0 Å². The van der Waals surface area contributed by atoms with Crippen LogP contribution in [0.25, 0.3) is 0 Å². The van der Waals surface area contributed by atoms with Gasteiger partial charge in [-0.15, -0.1) is 0 Å². The van der Waals surface area contributed by atoms with Gasteiger partial charge >= 0.3 is 0 Å². The lowest BCUT2D eigenvalue weighted by atomic mass is 10.2. The highest BCUT2D eigenvalue weighted by molar-refractivity contribution is 5.96. The summed E-state index contributed by atoms with van der Waals surface area (Å²) < 4.78 is 0. The normalized spacial score (nSPS) is 14.2. The number of amides is 2. The third-order valence-corrected chi connectivity index (χ3v) is 4.74. The summed E-state index contributed by atoms with van der Waals surface area (Å²) in [5.74, 6) is -0.216. The lowest BCUT2D eigenvalue weighted by molar-refractivity contribution is -0.140. The van der Waals surface area contributed by atoms with Gasteiger partial charge in [-0.05, 0) is 17.7 Å². The van der Waals surface area contributed by atoms with Crippen molar-refractivity contribution in [2.24, 2.45) is 0 Å². The fourth-order valence-electron chi connectivity index (χ4n) is 3.17. The number of nitrogens with zero attached hydrogens (tertiary/aromatic N) is 3. The Bertz CT molecular complexity index is 725. The molecular formula is C21H25N3O2. The zero-order chi connectivity index (χ0) is 18.4. The quantitative estimate of drug-likeness (QED) is 0.777. The van der Waals surface area contributed by atoms with Gasteiger partial charge in [-0.25, -0.2) is 0 Å². The molecule has 2 amide bonds. The van der Waals surface area contributed by atoms with Crippen molar-refractivity contribution in [2.75, 3.05) is 38.1 Å². The van der Waals surface area contributed by atoms with E-state index in [-0.39, 0.29) is 18.2 Å². The summed E-state index contributed by atoms with van der Waals surface area (Å²) in [7, 11) is 1.75. The molecule has 0 spiro atoms. The summed E-state index contributed by atoms with van der Waals surface area (Å²) in [6, 6.07) is 20.0. The molecular weight excluding hydrogens is 326 g/mol. The number of hydrogen-bond donors (Lipinski definition) is 0. The third-order valence-electron chi connectivity index (χ3n) is 4.74. The number of anilines is 1. The van der Waals surface area contributed by atoms with Crippen LogP contribution in [-0.2, 0) is 16.1 Å². The fourth-order valence-corrected chi connectivity index (χ4v) is 3.17. The number of hydrogen-bond acceptors (Lipinski definition) is 3. The summed E-state index contributed by atoms with van der Waals surface area (Å²) >= 11 is 0. The largest absolute Gasteiger partial charge is 0.368 e. The van der Waals surface area contributed by atoms with Crippen LogP contribution in [0.15, 0.2) is 60.7 Å². The minimum absolute atomic E-state index is 0.0608. The van der Waals surface area contributed by atoms with E-state index in [0.29, 0.717) is 19.6 Å². The third kappa shape index (κ3) is 4.63. The van der Waals surface area contributed by atoms with Crippen molar-refractivity contribution in [1.29, 1.82) is 0 Å². The first kappa shape index (κ1) is 18.0. The molecule has 0 saturated carbocycles. The molecule has 0 aromatic heterocycles. The van der Waals surface area contributed by atoms with Gasteiger partial charge in [-0.2, -0.15) is 0 Å². The molecule has 136 valence electrons. The average Bonchev–Trinajstić information content (AvgIpc) is 2.69. The summed E-state index contributed by atoms with van der Waals surface area (Å²) in [6.45, 7) is 3.43. The zero-order valence-electron chi connectivity index (χ0n) is 15.2. The van der Waals surface area contributed by atoms with E-state index in [9.17, 15) is 9.59 Å². The molecule has 0 bridgehead atoms.